The van der Waals surface area contributed by atoms with Crippen LogP contribution < -0.4 is 5.32 Å². The summed E-state index contributed by atoms with van der Waals surface area (Å²) in [6.07, 6.45) is 3.82. The van der Waals surface area contributed by atoms with Crippen molar-refractivity contribution in [2.75, 3.05) is 19.6 Å². The van der Waals surface area contributed by atoms with E-state index in [4.69, 9.17) is 23.2 Å². The number of para-hydroxylation sites is 1. The molecule has 0 atom stereocenters. The molecule has 1 aliphatic heterocycles. The number of aromatic nitrogens is 1. The van der Waals surface area contributed by atoms with Crippen LogP contribution in [0.4, 0.5) is 0 Å². The summed E-state index contributed by atoms with van der Waals surface area (Å²) in [4.78, 5) is 12.5. The van der Waals surface area contributed by atoms with Gasteiger partial charge in [-0.05, 0) is 48.9 Å². The van der Waals surface area contributed by atoms with Crippen molar-refractivity contribution in [1.29, 1.82) is 0 Å². The standard InChI is InChI=1S/C23H25Cl2N3O3S/c24-19-6-3-7-20(25)22(19)32(30,31)28-15-10-18(11-16-28)23(29)26-12-4-13-27-14-9-17-5-1-2-8-21(17)27/h1-3,5-9,14,18H,4,10-13,15-16H2,(H,26,29). The average molecular weight is 494 g/mol. The number of nitrogens with zero attached hydrogens (tertiary/aromatic N) is 2. The Morgan fingerprint density at radius 3 is 2.41 bits per heavy atom. The van der Waals surface area contributed by atoms with Crippen LogP contribution in [-0.4, -0.2) is 42.8 Å². The Morgan fingerprint density at radius 2 is 1.69 bits per heavy atom. The van der Waals surface area contributed by atoms with Crippen molar-refractivity contribution in [2.24, 2.45) is 5.92 Å². The Labute approximate surface area is 198 Å². The molecule has 0 aliphatic carbocycles. The molecule has 3 aromatic rings. The Balaban J connectivity index is 1.26. The first kappa shape index (κ1) is 23.1. The molecule has 0 spiro atoms. The number of nitrogens with one attached hydrogen (secondary N) is 1. The summed E-state index contributed by atoms with van der Waals surface area (Å²) in [6.45, 7) is 1.93. The van der Waals surface area contributed by atoms with Crippen molar-refractivity contribution in [3.8, 4) is 0 Å². The molecule has 32 heavy (non-hydrogen) atoms. The molecule has 9 heteroatoms. The van der Waals surface area contributed by atoms with Gasteiger partial charge in [0.05, 0.1) is 10.0 Å². The third kappa shape index (κ3) is 4.81. The molecule has 1 aromatic heterocycles. The fourth-order valence-corrected chi connectivity index (χ4v) is 6.72. The number of sulfonamides is 1. The van der Waals surface area contributed by atoms with Crippen LogP contribution in [0.2, 0.25) is 10.0 Å². The third-order valence-electron chi connectivity index (χ3n) is 5.90. The highest BCUT2D eigenvalue weighted by atomic mass is 35.5. The number of hydrogen-bond acceptors (Lipinski definition) is 3. The van der Waals surface area contributed by atoms with Crippen LogP contribution in [-0.2, 0) is 21.4 Å². The molecule has 1 amide bonds. The molecule has 0 bridgehead atoms. The van der Waals surface area contributed by atoms with E-state index < -0.39 is 10.0 Å². The second-order valence-electron chi connectivity index (χ2n) is 7.94. The topological polar surface area (TPSA) is 71.4 Å². The number of hydrogen-bond donors (Lipinski definition) is 1. The van der Waals surface area contributed by atoms with E-state index >= 15 is 0 Å². The number of halogens is 2. The quantitative estimate of drug-likeness (QED) is 0.490. The number of carbonyl (C=O) groups excluding carboxylic acids is 1. The van der Waals surface area contributed by atoms with Crippen LogP contribution in [0.15, 0.2) is 59.6 Å². The zero-order valence-electron chi connectivity index (χ0n) is 17.5. The fraction of sp³-hybridized carbons (Fsp3) is 0.348. The molecule has 0 unspecified atom stereocenters. The van der Waals surface area contributed by atoms with Crippen LogP contribution in [0.25, 0.3) is 10.9 Å². The van der Waals surface area contributed by atoms with Crippen LogP contribution in [0, 0.1) is 5.92 Å². The predicted octanol–water partition coefficient (Wildman–Crippen LogP) is 4.56. The zero-order valence-corrected chi connectivity index (χ0v) is 19.8. The molecule has 1 fully saturated rings. The highest BCUT2D eigenvalue weighted by Crippen LogP contribution is 2.33. The smallest absolute Gasteiger partial charge is 0.246 e. The number of aryl methyl sites for hydroxylation is 1. The molecule has 6 nitrogen and oxygen atoms in total. The fourth-order valence-electron chi connectivity index (χ4n) is 4.16. The summed E-state index contributed by atoms with van der Waals surface area (Å²) in [7, 11) is -3.80. The molecule has 2 aromatic carbocycles. The van der Waals surface area contributed by atoms with E-state index in [2.05, 4.69) is 34.3 Å². The van der Waals surface area contributed by atoms with Gasteiger partial charge in [-0.2, -0.15) is 4.31 Å². The van der Waals surface area contributed by atoms with E-state index in [1.54, 1.807) is 6.07 Å². The third-order valence-corrected chi connectivity index (χ3v) is 8.75. The normalized spacial score (nSPS) is 15.8. The molecule has 0 saturated carbocycles. The van der Waals surface area contributed by atoms with E-state index in [-0.39, 0.29) is 39.9 Å². The van der Waals surface area contributed by atoms with E-state index in [1.165, 1.54) is 27.3 Å². The first-order chi connectivity index (χ1) is 15.4. The minimum atomic E-state index is -3.80. The first-order valence-electron chi connectivity index (χ1n) is 10.6. The van der Waals surface area contributed by atoms with Crippen molar-refractivity contribution in [3.05, 3.63) is 64.8 Å². The summed E-state index contributed by atoms with van der Waals surface area (Å²) in [5.41, 5.74) is 1.19. The van der Waals surface area contributed by atoms with Crippen molar-refractivity contribution >= 4 is 50.0 Å². The molecule has 4 rings (SSSR count). The Morgan fingerprint density at radius 1 is 1.00 bits per heavy atom. The number of benzene rings is 2. The van der Waals surface area contributed by atoms with Gasteiger partial charge in [-0.1, -0.05) is 47.5 Å². The van der Waals surface area contributed by atoms with Gasteiger partial charge in [0.15, 0.2) is 0 Å². The monoisotopic (exact) mass is 493 g/mol. The van der Waals surface area contributed by atoms with E-state index in [1.807, 2.05) is 12.1 Å². The minimum absolute atomic E-state index is 0.0183. The molecule has 0 radical (unpaired) electrons. The maximum atomic E-state index is 13.0. The van der Waals surface area contributed by atoms with Crippen LogP contribution >= 0.6 is 23.2 Å². The van der Waals surface area contributed by atoms with Gasteiger partial charge in [-0.15, -0.1) is 0 Å². The van der Waals surface area contributed by atoms with Gasteiger partial charge in [-0.25, -0.2) is 8.42 Å². The maximum absolute atomic E-state index is 13.0. The number of fused-ring (bicyclic) bond motifs is 1. The van der Waals surface area contributed by atoms with Crippen LogP contribution in [0.3, 0.4) is 0 Å². The lowest BCUT2D eigenvalue weighted by molar-refractivity contribution is -0.126. The number of piperidine rings is 1. The lowest BCUT2D eigenvalue weighted by Gasteiger charge is -2.31. The van der Waals surface area contributed by atoms with Gasteiger partial charge in [0.1, 0.15) is 4.90 Å². The number of carbonyl (C=O) groups is 1. The SMILES string of the molecule is O=C(NCCCn1ccc2ccccc21)C1CCN(S(=O)(=O)c2c(Cl)cccc2Cl)CC1. The van der Waals surface area contributed by atoms with Gasteiger partial charge in [0, 0.05) is 43.8 Å². The maximum Gasteiger partial charge on any atom is 0.246 e. The zero-order chi connectivity index (χ0) is 22.7. The van der Waals surface area contributed by atoms with Crippen molar-refractivity contribution in [1.82, 2.24) is 14.2 Å². The summed E-state index contributed by atoms with van der Waals surface area (Å²) in [6, 6.07) is 14.9. The Kier molecular flexibility index (Phi) is 7.10. The molecule has 2 heterocycles. The van der Waals surface area contributed by atoms with E-state index in [9.17, 15) is 13.2 Å². The van der Waals surface area contributed by atoms with Gasteiger partial charge in [-0.3, -0.25) is 4.79 Å². The highest BCUT2D eigenvalue weighted by Gasteiger charge is 2.34. The van der Waals surface area contributed by atoms with Crippen LogP contribution in [0.1, 0.15) is 19.3 Å². The first-order valence-corrected chi connectivity index (χ1v) is 12.8. The van der Waals surface area contributed by atoms with E-state index in [0.717, 1.165) is 13.0 Å². The molecule has 1 saturated heterocycles. The van der Waals surface area contributed by atoms with E-state index in [0.29, 0.717) is 19.4 Å². The Hall–Kier alpha value is -2.06. The number of amides is 1. The molecule has 170 valence electrons. The molecular weight excluding hydrogens is 469 g/mol. The van der Waals surface area contributed by atoms with Gasteiger partial charge < -0.3 is 9.88 Å². The second kappa shape index (κ2) is 9.83. The number of rotatable bonds is 7. The van der Waals surface area contributed by atoms with Gasteiger partial charge >= 0.3 is 0 Å². The van der Waals surface area contributed by atoms with Crippen LogP contribution in [0.5, 0.6) is 0 Å². The lowest BCUT2D eigenvalue weighted by Crippen LogP contribution is -2.43. The van der Waals surface area contributed by atoms with Gasteiger partial charge in [0.2, 0.25) is 15.9 Å². The summed E-state index contributed by atoms with van der Waals surface area (Å²) < 4.78 is 29.5. The highest BCUT2D eigenvalue weighted by molar-refractivity contribution is 7.89. The van der Waals surface area contributed by atoms with Crippen molar-refractivity contribution in [3.63, 3.8) is 0 Å². The second-order valence-corrected chi connectivity index (χ2v) is 10.6. The molecule has 1 aliphatic rings. The molecular formula is C23H25Cl2N3O3S. The van der Waals surface area contributed by atoms with Crippen molar-refractivity contribution < 1.29 is 13.2 Å². The minimum Gasteiger partial charge on any atom is -0.356 e. The Bertz CT molecular complexity index is 1200. The lowest BCUT2D eigenvalue weighted by atomic mass is 9.97. The summed E-state index contributed by atoms with van der Waals surface area (Å²) >= 11 is 12.2. The molecule has 1 N–H and O–H groups in total. The van der Waals surface area contributed by atoms with Gasteiger partial charge in [0.25, 0.3) is 0 Å². The summed E-state index contributed by atoms with van der Waals surface area (Å²) in [5, 5.41) is 4.42. The largest absolute Gasteiger partial charge is 0.356 e. The average Bonchev–Trinajstić information content (AvgIpc) is 3.19. The summed E-state index contributed by atoms with van der Waals surface area (Å²) in [5.74, 6) is -0.217. The predicted molar refractivity (Wildman–Crippen MR) is 128 cm³/mol. The van der Waals surface area contributed by atoms with Crippen molar-refractivity contribution in [2.45, 2.75) is 30.7 Å².